The smallest absolute Gasteiger partial charge is 0.267 e. The van der Waals surface area contributed by atoms with Crippen molar-refractivity contribution in [1.82, 2.24) is 19.3 Å². The van der Waals surface area contributed by atoms with Crippen LogP contribution in [0.4, 0.5) is 0 Å². The molecule has 0 radical (unpaired) electrons. The third kappa shape index (κ3) is 3.93. The molecule has 4 aromatic rings. The first-order valence-corrected chi connectivity index (χ1v) is 11.1. The van der Waals surface area contributed by atoms with Crippen LogP contribution in [0.15, 0.2) is 59.5 Å². The van der Waals surface area contributed by atoms with Gasteiger partial charge in [-0.3, -0.25) is 19.4 Å². The van der Waals surface area contributed by atoms with Gasteiger partial charge in [0.1, 0.15) is 16.8 Å². The zero-order valence-corrected chi connectivity index (χ0v) is 18.4. The Balaban J connectivity index is 1.66. The van der Waals surface area contributed by atoms with E-state index in [1.165, 1.54) is 10.5 Å². The van der Waals surface area contributed by atoms with Crippen molar-refractivity contribution in [3.8, 4) is 0 Å². The van der Waals surface area contributed by atoms with Gasteiger partial charge in [0.15, 0.2) is 0 Å². The third-order valence-electron chi connectivity index (χ3n) is 6.08. The van der Waals surface area contributed by atoms with Crippen LogP contribution in [-0.4, -0.2) is 32.6 Å². The van der Waals surface area contributed by atoms with Gasteiger partial charge in [0.2, 0.25) is 0 Å². The number of rotatable bonds is 5. The van der Waals surface area contributed by atoms with E-state index < -0.39 is 5.91 Å². The molecule has 168 valence electrons. The zero-order valence-electron chi connectivity index (χ0n) is 18.4. The number of nitrogens with zero attached hydrogens (tertiary/aromatic N) is 3. The Morgan fingerprint density at radius 1 is 1.21 bits per heavy atom. The SMILES string of the molecule is Cc1cccn2c(=O)c3cc(C(=O)NCc4ccccc4)c(=N)n(C[C@@H]4CCCO4)c3nc12. The van der Waals surface area contributed by atoms with Crippen molar-refractivity contribution in [2.24, 2.45) is 0 Å². The molecule has 0 unspecified atom stereocenters. The lowest BCUT2D eigenvalue weighted by Crippen LogP contribution is -2.36. The first-order valence-electron chi connectivity index (χ1n) is 11.1. The standard InChI is InChI=1S/C25H25N5O3/c1-16-7-5-11-29-22(16)28-23-20(25(29)32)13-19(21(26)30(23)15-18-10-6-12-33-18)24(31)27-14-17-8-3-2-4-9-17/h2-5,7-9,11,13,18,26H,6,10,12,14-15H2,1H3,(H,27,31)/t18-/m0/s1. The number of benzene rings is 1. The van der Waals surface area contributed by atoms with Crippen molar-refractivity contribution in [2.45, 2.75) is 39.0 Å². The lowest BCUT2D eigenvalue weighted by molar-refractivity contribution is 0.0931. The second kappa shape index (κ2) is 8.63. The molecule has 0 spiro atoms. The van der Waals surface area contributed by atoms with E-state index in [2.05, 4.69) is 5.32 Å². The van der Waals surface area contributed by atoms with E-state index in [0.717, 1.165) is 24.0 Å². The van der Waals surface area contributed by atoms with Crippen molar-refractivity contribution in [3.05, 3.63) is 87.3 Å². The van der Waals surface area contributed by atoms with Crippen LogP contribution >= 0.6 is 0 Å². The van der Waals surface area contributed by atoms with E-state index in [1.54, 1.807) is 16.8 Å². The highest BCUT2D eigenvalue weighted by atomic mass is 16.5. The molecule has 1 aromatic carbocycles. The number of carbonyl (C=O) groups excluding carboxylic acids is 1. The Morgan fingerprint density at radius 3 is 2.79 bits per heavy atom. The highest BCUT2D eigenvalue weighted by Gasteiger charge is 2.22. The molecule has 2 N–H and O–H groups in total. The molecule has 33 heavy (non-hydrogen) atoms. The number of hydrogen-bond donors (Lipinski definition) is 2. The fourth-order valence-corrected chi connectivity index (χ4v) is 4.31. The normalized spacial score (nSPS) is 15.8. The number of pyridine rings is 2. The van der Waals surface area contributed by atoms with Crippen LogP contribution in [-0.2, 0) is 17.8 Å². The maximum Gasteiger partial charge on any atom is 0.267 e. The Morgan fingerprint density at radius 2 is 2.03 bits per heavy atom. The number of nitrogens with one attached hydrogen (secondary N) is 2. The largest absolute Gasteiger partial charge is 0.376 e. The highest BCUT2D eigenvalue weighted by molar-refractivity contribution is 5.96. The summed E-state index contributed by atoms with van der Waals surface area (Å²) < 4.78 is 8.93. The topological polar surface area (TPSA) is 101 Å². The third-order valence-corrected chi connectivity index (χ3v) is 6.08. The first-order chi connectivity index (χ1) is 16.0. The molecule has 1 aliphatic rings. The van der Waals surface area contributed by atoms with Gasteiger partial charge in [-0.25, -0.2) is 4.98 Å². The van der Waals surface area contributed by atoms with Crippen LogP contribution in [0.25, 0.3) is 16.7 Å². The summed E-state index contributed by atoms with van der Waals surface area (Å²) >= 11 is 0. The summed E-state index contributed by atoms with van der Waals surface area (Å²) in [4.78, 5) is 31.2. The van der Waals surface area contributed by atoms with E-state index >= 15 is 0 Å². The average molecular weight is 444 g/mol. The number of aryl methyl sites for hydroxylation is 1. The highest BCUT2D eigenvalue weighted by Crippen LogP contribution is 2.17. The minimum Gasteiger partial charge on any atom is -0.376 e. The van der Waals surface area contributed by atoms with Crippen molar-refractivity contribution in [3.63, 3.8) is 0 Å². The zero-order chi connectivity index (χ0) is 22.9. The van der Waals surface area contributed by atoms with Crippen LogP contribution in [0.2, 0.25) is 0 Å². The van der Waals surface area contributed by atoms with Crippen molar-refractivity contribution < 1.29 is 9.53 Å². The minimum absolute atomic E-state index is 0.0217. The van der Waals surface area contributed by atoms with Gasteiger partial charge in [0, 0.05) is 19.3 Å². The second-order valence-electron chi connectivity index (χ2n) is 8.36. The Bertz CT molecular complexity index is 1470. The molecule has 5 rings (SSSR count). The van der Waals surface area contributed by atoms with Crippen molar-refractivity contribution in [1.29, 1.82) is 5.41 Å². The van der Waals surface area contributed by atoms with Gasteiger partial charge < -0.3 is 14.6 Å². The van der Waals surface area contributed by atoms with Gasteiger partial charge >= 0.3 is 0 Å². The van der Waals surface area contributed by atoms with Crippen LogP contribution in [0.5, 0.6) is 0 Å². The fourth-order valence-electron chi connectivity index (χ4n) is 4.31. The second-order valence-corrected chi connectivity index (χ2v) is 8.36. The lowest BCUT2D eigenvalue weighted by atomic mass is 10.1. The Labute approximate surface area is 190 Å². The average Bonchev–Trinajstić information content (AvgIpc) is 3.34. The number of hydrogen-bond acceptors (Lipinski definition) is 5. The molecule has 1 saturated heterocycles. The molecule has 1 atom stereocenters. The van der Waals surface area contributed by atoms with Crippen LogP contribution in [0, 0.1) is 12.3 Å². The summed E-state index contributed by atoms with van der Waals surface area (Å²) in [6.45, 7) is 3.26. The molecule has 8 heteroatoms. The molecule has 8 nitrogen and oxygen atoms in total. The maximum absolute atomic E-state index is 13.4. The van der Waals surface area contributed by atoms with Crippen molar-refractivity contribution >= 4 is 22.6 Å². The summed E-state index contributed by atoms with van der Waals surface area (Å²) in [5.74, 6) is -0.402. The quantitative estimate of drug-likeness (QED) is 0.463. The van der Waals surface area contributed by atoms with Gasteiger partial charge in [0.05, 0.1) is 23.6 Å². The summed E-state index contributed by atoms with van der Waals surface area (Å²) in [6, 6.07) is 14.8. The maximum atomic E-state index is 13.4. The predicted octanol–water partition coefficient (Wildman–Crippen LogP) is 2.55. The molecule has 1 aliphatic heterocycles. The number of carbonyl (C=O) groups is 1. The van der Waals surface area contributed by atoms with Crippen LogP contribution in [0.3, 0.4) is 0 Å². The Kier molecular flexibility index (Phi) is 5.51. The number of fused-ring (bicyclic) bond motifs is 2. The molecule has 0 bridgehead atoms. The monoisotopic (exact) mass is 443 g/mol. The summed E-state index contributed by atoms with van der Waals surface area (Å²) in [6.07, 6.45) is 3.41. The summed E-state index contributed by atoms with van der Waals surface area (Å²) in [5.41, 5.74) is 2.64. The lowest BCUT2D eigenvalue weighted by Gasteiger charge is -2.18. The molecular formula is C25H25N5O3. The van der Waals surface area contributed by atoms with Crippen LogP contribution < -0.4 is 16.4 Å². The summed E-state index contributed by atoms with van der Waals surface area (Å²) in [5, 5.41) is 12.0. The molecular weight excluding hydrogens is 418 g/mol. The van der Waals surface area contributed by atoms with Crippen molar-refractivity contribution in [2.75, 3.05) is 6.61 Å². The Hall–Kier alpha value is -3.78. The van der Waals surface area contributed by atoms with E-state index in [0.29, 0.717) is 36.4 Å². The fraction of sp³-hybridized carbons (Fsp3) is 0.280. The first kappa shape index (κ1) is 21.1. The number of amides is 1. The minimum atomic E-state index is -0.402. The molecule has 4 heterocycles. The van der Waals surface area contributed by atoms with Gasteiger partial charge in [-0.2, -0.15) is 0 Å². The van der Waals surface area contributed by atoms with Gasteiger partial charge in [0.25, 0.3) is 11.5 Å². The van der Waals surface area contributed by atoms with Gasteiger partial charge in [-0.05, 0) is 43.0 Å². The molecule has 1 fully saturated rings. The number of ether oxygens (including phenoxy) is 1. The van der Waals surface area contributed by atoms with Gasteiger partial charge in [-0.1, -0.05) is 36.4 Å². The van der Waals surface area contributed by atoms with E-state index in [4.69, 9.17) is 15.1 Å². The number of aromatic nitrogens is 3. The van der Waals surface area contributed by atoms with E-state index in [-0.39, 0.29) is 22.7 Å². The predicted molar refractivity (Wildman–Crippen MR) is 124 cm³/mol. The van der Waals surface area contributed by atoms with E-state index in [1.807, 2.05) is 43.3 Å². The molecule has 3 aromatic heterocycles. The molecule has 1 amide bonds. The molecule has 0 saturated carbocycles. The molecule has 0 aliphatic carbocycles. The van der Waals surface area contributed by atoms with E-state index in [9.17, 15) is 9.59 Å². The summed E-state index contributed by atoms with van der Waals surface area (Å²) in [7, 11) is 0. The van der Waals surface area contributed by atoms with Crippen LogP contribution in [0.1, 0.15) is 34.3 Å². The van der Waals surface area contributed by atoms with Gasteiger partial charge in [-0.15, -0.1) is 0 Å².